The van der Waals surface area contributed by atoms with Crippen LogP contribution in [0.2, 0.25) is 0 Å². The Morgan fingerprint density at radius 1 is 1.50 bits per heavy atom. The van der Waals surface area contributed by atoms with E-state index >= 15 is 0 Å². The maximum atomic E-state index is 5.31. The van der Waals surface area contributed by atoms with E-state index in [-0.39, 0.29) is 0 Å². The summed E-state index contributed by atoms with van der Waals surface area (Å²) >= 11 is 0. The van der Waals surface area contributed by atoms with E-state index in [4.69, 9.17) is 4.74 Å². The molecular weight excluding hydrogens is 178 g/mol. The van der Waals surface area contributed by atoms with Crippen molar-refractivity contribution >= 4 is 5.82 Å². The van der Waals surface area contributed by atoms with Gasteiger partial charge in [-0.05, 0) is 13.3 Å². The molecule has 2 rings (SSSR count). The van der Waals surface area contributed by atoms with E-state index in [2.05, 4.69) is 14.9 Å². The molecule has 1 aromatic rings. The minimum atomic E-state index is 0.352. The van der Waals surface area contributed by atoms with Crippen LogP contribution in [0, 0.1) is 6.92 Å². The van der Waals surface area contributed by atoms with Crippen LogP contribution >= 0.6 is 0 Å². The highest BCUT2D eigenvalue weighted by molar-refractivity contribution is 5.40. The first kappa shape index (κ1) is 9.40. The van der Waals surface area contributed by atoms with Gasteiger partial charge in [0.1, 0.15) is 12.1 Å². The summed E-state index contributed by atoms with van der Waals surface area (Å²) in [5.74, 6) is 1.01. The molecule has 1 aliphatic rings. The number of hydrogen-bond donors (Lipinski definition) is 0. The van der Waals surface area contributed by atoms with E-state index < -0.39 is 0 Å². The molecule has 1 aromatic heterocycles. The van der Waals surface area contributed by atoms with E-state index in [1.54, 1.807) is 13.4 Å². The Morgan fingerprint density at radius 2 is 2.36 bits per heavy atom. The number of aryl methyl sites for hydroxylation is 1. The number of anilines is 1. The Kier molecular flexibility index (Phi) is 2.63. The van der Waals surface area contributed by atoms with Gasteiger partial charge in [-0.3, -0.25) is 0 Å². The normalized spacial score (nSPS) is 21.6. The molecule has 0 bridgehead atoms. The Bertz CT molecular complexity index is 316. The van der Waals surface area contributed by atoms with Crippen LogP contribution in [0.4, 0.5) is 5.82 Å². The van der Waals surface area contributed by atoms with Crippen LogP contribution in [-0.4, -0.2) is 36.3 Å². The van der Waals surface area contributed by atoms with Crippen LogP contribution in [0.5, 0.6) is 0 Å². The van der Waals surface area contributed by atoms with Crippen molar-refractivity contribution in [2.75, 3.05) is 25.1 Å². The first-order chi connectivity index (χ1) is 6.79. The molecule has 0 aliphatic carbocycles. The summed E-state index contributed by atoms with van der Waals surface area (Å²) in [6, 6.07) is 2.01. The highest BCUT2D eigenvalue weighted by atomic mass is 16.5. The Balaban J connectivity index is 2.09. The van der Waals surface area contributed by atoms with Gasteiger partial charge in [0.25, 0.3) is 0 Å². The zero-order chi connectivity index (χ0) is 9.97. The second-order valence-electron chi connectivity index (χ2n) is 3.61. The van der Waals surface area contributed by atoms with Crippen molar-refractivity contribution in [1.29, 1.82) is 0 Å². The molecule has 1 unspecified atom stereocenters. The topological polar surface area (TPSA) is 38.2 Å². The summed E-state index contributed by atoms with van der Waals surface area (Å²) in [5.41, 5.74) is 1.01. The lowest BCUT2D eigenvalue weighted by molar-refractivity contribution is 0.121. The summed E-state index contributed by atoms with van der Waals surface area (Å²) in [7, 11) is 1.76. The fourth-order valence-electron chi connectivity index (χ4n) is 1.74. The zero-order valence-electron chi connectivity index (χ0n) is 8.60. The summed E-state index contributed by atoms with van der Waals surface area (Å²) in [6.45, 7) is 3.94. The molecule has 2 heterocycles. The Morgan fingerprint density at radius 3 is 3.00 bits per heavy atom. The SMILES string of the molecule is COC1CCN(c2cc(C)ncn2)C1. The molecule has 4 heteroatoms. The van der Waals surface area contributed by atoms with E-state index in [0.29, 0.717) is 6.10 Å². The van der Waals surface area contributed by atoms with Crippen LogP contribution in [0.15, 0.2) is 12.4 Å². The summed E-state index contributed by atoms with van der Waals surface area (Å²) in [5, 5.41) is 0. The van der Waals surface area contributed by atoms with E-state index in [1.165, 1.54) is 0 Å². The van der Waals surface area contributed by atoms with Gasteiger partial charge in [-0.25, -0.2) is 9.97 Å². The first-order valence-corrected chi connectivity index (χ1v) is 4.86. The van der Waals surface area contributed by atoms with Gasteiger partial charge >= 0.3 is 0 Å². The van der Waals surface area contributed by atoms with Crippen molar-refractivity contribution in [3.63, 3.8) is 0 Å². The van der Waals surface area contributed by atoms with Crippen molar-refractivity contribution in [2.24, 2.45) is 0 Å². The monoisotopic (exact) mass is 193 g/mol. The largest absolute Gasteiger partial charge is 0.380 e. The molecule has 0 amide bonds. The van der Waals surface area contributed by atoms with Crippen LogP contribution < -0.4 is 4.90 Å². The highest BCUT2D eigenvalue weighted by Gasteiger charge is 2.22. The predicted molar refractivity (Wildman–Crippen MR) is 54.4 cm³/mol. The van der Waals surface area contributed by atoms with Gasteiger partial charge in [0.05, 0.1) is 6.10 Å². The lowest BCUT2D eigenvalue weighted by Gasteiger charge is -2.16. The standard InChI is InChI=1S/C10H15N3O/c1-8-5-10(12-7-11-8)13-4-3-9(6-13)14-2/h5,7,9H,3-4,6H2,1-2H3. The maximum absolute atomic E-state index is 5.31. The van der Waals surface area contributed by atoms with Crippen LogP contribution in [0.3, 0.4) is 0 Å². The van der Waals surface area contributed by atoms with Gasteiger partial charge in [0.2, 0.25) is 0 Å². The molecular formula is C10H15N3O. The molecule has 1 aliphatic heterocycles. The van der Waals surface area contributed by atoms with Crippen molar-refractivity contribution in [3.05, 3.63) is 18.1 Å². The molecule has 0 N–H and O–H groups in total. The van der Waals surface area contributed by atoms with Gasteiger partial charge in [-0.2, -0.15) is 0 Å². The van der Waals surface area contributed by atoms with Gasteiger partial charge < -0.3 is 9.64 Å². The number of methoxy groups -OCH3 is 1. The summed E-state index contributed by atoms with van der Waals surface area (Å²) in [4.78, 5) is 10.6. The minimum Gasteiger partial charge on any atom is -0.380 e. The number of aromatic nitrogens is 2. The van der Waals surface area contributed by atoms with E-state index in [0.717, 1.165) is 31.0 Å². The van der Waals surface area contributed by atoms with Crippen LogP contribution in [0.1, 0.15) is 12.1 Å². The van der Waals surface area contributed by atoms with Crippen molar-refractivity contribution in [2.45, 2.75) is 19.4 Å². The fraction of sp³-hybridized carbons (Fsp3) is 0.600. The molecule has 1 fully saturated rings. The molecule has 1 atom stereocenters. The predicted octanol–water partition coefficient (Wildman–Crippen LogP) is 1.01. The number of nitrogens with zero attached hydrogens (tertiary/aromatic N) is 3. The molecule has 0 spiro atoms. The minimum absolute atomic E-state index is 0.352. The smallest absolute Gasteiger partial charge is 0.132 e. The van der Waals surface area contributed by atoms with Gasteiger partial charge in [0.15, 0.2) is 0 Å². The van der Waals surface area contributed by atoms with Gasteiger partial charge in [-0.15, -0.1) is 0 Å². The average molecular weight is 193 g/mol. The van der Waals surface area contributed by atoms with Crippen molar-refractivity contribution in [1.82, 2.24) is 9.97 Å². The second-order valence-corrected chi connectivity index (χ2v) is 3.61. The fourth-order valence-corrected chi connectivity index (χ4v) is 1.74. The molecule has 1 saturated heterocycles. The van der Waals surface area contributed by atoms with Crippen LogP contribution in [-0.2, 0) is 4.74 Å². The maximum Gasteiger partial charge on any atom is 0.132 e. The number of ether oxygens (including phenoxy) is 1. The molecule has 14 heavy (non-hydrogen) atoms. The second kappa shape index (κ2) is 3.92. The van der Waals surface area contributed by atoms with Crippen molar-refractivity contribution in [3.8, 4) is 0 Å². The summed E-state index contributed by atoms with van der Waals surface area (Å²) < 4.78 is 5.31. The summed E-state index contributed by atoms with van der Waals surface area (Å²) in [6.07, 6.45) is 3.05. The van der Waals surface area contributed by atoms with Gasteiger partial charge in [-0.1, -0.05) is 0 Å². The molecule has 76 valence electrons. The average Bonchev–Trinajstić information content (AvgIpc) is 2.66. The third-order valence-corrected chi connectivity index (χ3v) is 2.59. The zero-order valence-corrected chi connectivity index (χ0v) is 8.60. The third kappa shape index (κ3) is 1.85. The van der Waals surface area contributed by atoms with Gasteiger partial charge in [0, 0.05) is 32.0 Å². The molecule has 0 saturated carbocycles. The Labute approximate surface area is 83.9 Å². The van der Waals surface area contributed by atoms with Crippen molar-refractivity contribution < 1.29 is 4.74 Å². The number of hydrogen-bond acceptors (Lipinski definition) is 4. The third-order valence-electron chi connectivity index (χ3n) is 2.59. The molecule has 0 aromatic carbocycles. The lowest BCUT2D eigenvalue weighted by atomic mass is 10.3. The van der Waals surface area contributed by atoms with E-state index in [1.807, 2.05) is 13.0 Å². The molecule has 0 radical (unpaired) electrons. The molecule has 4 nitrogen and oxygen atoms in total. The van der Waals surface area contributed by atoms with E-state index in [9.17, 15) is 0 Å². The quantitative estimate of drug-likeness (QED) is 0.702. The number of rotatable bonds is 2. The highest BCUT2D eigenvalue weighted by Crippen LogP contribution is 2.19. The van der Waals surface area contributed by atoms with Crippen LogP contribution in [0.25, 0.3) is 0 Å². The Hall–Kier alpha value is -1.16. The first-order valence-electron chi connectivity index (χ1n) is 4.86. The lowest BCUT2D eigenvalue weighted by Crippen LogP contribution is -2.23.